The largest absolute Gasteiger partial charge is 0.496 e. The second-order valence-corrected chi connectivity index (χ2v) is 7.30. The maximum absolute atomic E-state index is 11.6. The van der Waals surface area contributed by atoms with Crippen molar-refractivity contribution in [3.63, 3.8) is 0 Å². The summed E-state index contributed by atoms with van der Waals surface area (Å²) < 4.78 is 15.9. The number of rotatable bonds is 6. The van der Waals surface area contributed by atoms with Crippen molar-refractivity contribution in [2.24, 2.45) is 0 Å². The van der Waals surface area contributed by atoms with E-state index in [1.165, 1.54) is 18.7 Å². The predicted octanol–water partition coefficient (Wildman–Crippen LogP) is 4.65. The molecule has 0 saturated carbocycles. The van der Waals surface area contributed by atoms with Crippen LogP contribution in [0.4, 0.5) is 0 Å². The molecule has 0 aliphatic carbocycles. The first-order valence-corrected chi connectivity index (χ1v) is 8.89. The van der Waals surface area contributed by atoms with Crippen molar-refractivity contribution in [3.05, 3.63) is 64.7 Å². The van der Waals surface area contributed by atoms with E-state index in [9.17, 15) is 4.79 Å². The highest BCUT2D eigenvalue weighted by molar-refractivity contribution is 5.97. The van der Waals surface area contributed by atoms with Gasteiger partial charge >= 0.3 is 5.97 Å². The van der Waals surface area contributed by atoms with Crippen LogP contribution in [0.15, 0.2) is 48.0 Å². The van der Waals surface area contributed by atoms with Crippen molar-refractivity contribution in [1.82, 2.24) is 0 Å². The maximum atomic E-state index is 11.6. The molecular formula is C23H25NO4. The lowest BCUT2D eigenvalue weighted by atomic mass is 9.87. The first kappa shape index (κ1) is 21.0. The van der Waals surface area contributed by atoms with E-state index >= 15 is 0 Å². The average molecular weight is 379 g/mol. The Morgan fingerprint density at radius 3 is 2.32 bits per heavy atom. The smallest absolute Gasteiger partial charge is 0.348 e. The molecule has 28 heavy (non-hydrogen) atoms. The SMILES string of the molecule is COC(=O)/C(C#N)=C\c1ccc(OC)c(COc2ccc(C(C)(C)C)cc2)c1. The van der Waals surface area contributed by atoms with E-state index in [4.69, 9.17) is 14.7 Å². The van der Waals surface area contributed by atoms with Gasteiger partial charge in [0, 0.05) is 5.56 Å². The molecule has 0 bridgehead atoms. The summed E-state index contributed by atoms with van der Waals surface area (Å²) in [6.07, 6.45) is 1.48. The fraction of sp³-hybridized carbons (Fsp3) is 0.304. The van der Waals surface area contributed by atoms with Gasteiger partial charge in [0.25, 0.3) is 0 Å². The third-order valence-electron chi connectivity index (χ3n) is 4.26. The predicted molar refractivity (Wildman–Crippen MR) is 108 cm³/mol. The lowest BCUT2D eigenvalue weighted by Gasteiger charge is -2.19. The first-order chi connectivity index (χ1) is 13.3. The average Bonchev–Trinajstić information content (AvgIpc) is 2.69. The van der Waals surface area contributed by atoms with Crippen molar-refractivity contribution in [1.29, 1.82) is 5.26 Å². The zero-order valence-corrected chi connectivity index (χ0v) is 16.9. The number of carbonyl (C=O) groups is 1. The lowest BCUT2D eigenvalue weighted by Crippen LogP contribution is -2.10. The lowest BCUT2D eigenvalue weighted by molar-refractivity contribution is -0.135. The normalized spacial score (nSPS) is 11.5. The van der Waals surface area contributed by atoms with E-state index in [1.54, 1.807) is 19.2 Å². The Morgan fingerprint density at radius 2 is 1.79 bits per heavy atom. The Hall–Kier alpha value is -3.26. The number of methoxy groups -OCH3 is 2. The van der Waals surface area contributed by atoms with Crippen LogP contribution in [0, 0.1) is 11.3 Å². The van der Waals surface area contributed by atoms with Gasteiger partial charge in [-0.25, -0.2) is 4.79 Å². The highest BCUT2D eigenvalue weighted by Gasteiger charge is 2.13. The van der Waals surface area contributed by atoms with Crippen molar-refractivity contribution in [2.45, 2.75) is 32.8 Å². The molecule has 0 heterocycles. The Balaban J connectivity index is 2.22. The van der Waals surface area contributed by atoms with Crippen LogP contribution in [0.25, 0.3) is 6.08 Å². The number of hydrogen-bond donors (Lipinski definition) is 0. The molecule has 5 nitrogen and oxygen atoms in total. The number of hydrogen-bond acceptors (Lipinski definition) is 5. The van der Waals surface area contributed by atoms with Gasteiger partial charge in [0.2, 0.25) is 0 Å². The number of esters is 1. The molecule has 2 aromatic rings. The summed E-state index contributed by atoms with van der Waals surface area (Å²) in [6, 6.07) is 15.2. The van der Waals surface area contributed by atoms with Crippen LogP contribution < -0.4 is 9.47 Å². The number of nitriles is 1. The minimum Gasteiger partial charge on any atom is -0.496 e. The van der Waals surface area contributed by atoms with Gasteiger partial charge in [-0.05, 0) is 46.9 Å². The van der Waals surface area contributed by atoms with Crippen LogP contribution in [0.2, 0.25) is 0 Å². The minimum absolute atomic E-state index is 0.0719. The second kappa shape index (κ2) is 9.09. The molecule has 0 aromatic heterocycles. The summed E-state index contributed by atoms with van der Waals surface area (Å²) in [5.74, 6) is 0.748. The highest BCUT2D eigenvalue weighted by Crippen LogP contribution is 2.26. The van der Waals surface area contributed by atoms with Crippen molar-refractivity contribution in [3.8, 4) is 17.6 Å². The van der Waals surface area contributed by atoms with Crippen molar-refractivity contribution in [2.75, 3.05) is 14.2 Å². The monoisotopic (exact) mass is 379 g/mol. The minimum atomic E-state index is -0.671. The topological polar surface area (TPSA) is 68.6 Å². The number of benzene rings is 2. The van der Waals surface area contributed by atoms with E-state index in [1.807, 2.05) is 24.3 Å². The van der Waals surface area contributed by atoms with Crippen molar-refractivity contribution >= 4 is 12.0 Å². The second-order valence-electron chi connectivity index (χ2n) is 7.30. The molecule has 5 heteroatoms. The molecule has 2 aromatic carbocycles. The summed E-state index contributed by atoms with van der Waals surface area (Å²) in [5.41, 5.74) is 2.73. The van der Waals surface area contributed by atoms with Gasteiger partial charge in [-0.2, -0.15) is 5.26 Å². The van der Waals surface area contributed by atoms with Crippen LogP contribution in [0.5, 0.6) is 11.5 Å². The van der Waals surface area contributed by atoms with E-state index in [-0.39, 0.29) is 11.0 Å². The van der Waals surface area contributed by atoms with Crippen LogP contribution in [-0.2, 0) is 21.6 Å². The third-order valence-corrected chi connectivity index (χ3v) is 4.26. The van der Waals surface area contributed by atoms with E-state index in [0.29, 0.717) is 17.9 Å². The molecule has 0 saturated heterocycles. The Bertz CT molecular complexity index is 900. The Labute approximate surface area is 166 Å². The summed E-state index contributed by atoms with van der Waals surface area (Å²) in [6.45, 7) is 6.78. The van der Waals surface area contributed by atoms with E-state index in [2.05, 4.69) is 37.6 Å². The number of nitrogens with zero attached hydrogens (tertiary/aromatic N) is 1. The van der Waals surface area contributed by atoms with Crippen LogP contribution in [0.3, 0.4) is 0 Å². The Morgan fingerprint density at radius 1 is 1.11 bits per heavy atom. The molecule has 0 atom stereocenters. The molecule has 0 unspecified atom stereocenters. The molecule has 0 radical (unpaired) electrons. The molecule has 0 spiro atoms. The summed E-state index contributed by atoms with van der Waals surface area (Å²) in [4.78, 5) is 11.6. The van der Waals surface area contributed by atoms with E-state index < -0.39 is 5.97 Å². The van der Waals surface area contributed by atoms with Gasteiger partial charge in [-0.15, -0.1) is 0 Å². The van der Waals surface area contributed by atoms with Gasteiger partial charge in [0.05, 0.1) is 14.2 Å². The van der Waals surface area contributed by atoms with Crippen LogP contribution in [0.1, 0.15) is 37.5 Å². The van der Waals surface area contributed by atoms with Gasteiger partial charge < -0.3 is 14.2 Å². The van der Waals surface area contributed by atoms with Gasteiger partial charge in [0.15, 0.2) is 0 Å². The molecule has 2 rings (SSSR count). The summed E-state index contributed by atoms with van der Waals surface area (Å²) >= 11 is 0. The molecule has 0 aliphatic rings. The number of carbonyl (C=O) groups excluding carboxylic acids is 1. The van der Waals surface area contributed by atoms with Crippen molar-refractivity contribution < 1.29 is 19.0 Å². The highest BCUT2D eigenvalue weighted by atomic mass is 16.5. The zero-order chi connectivity index (χ0) is 20.7. The molecular weight excluding hydrogens is 354 g/mol. The standard InChI is InChI=1S/C23H25NO4/c1-23(2,3)19-7-9-20(10-8-19)28-15-18-13-16(6-11-21(18)26-4)12-17(14-24)22(25)27-5/h6-13H,15H2,1-5H3/b17-12-. The number of ether oxygens (including phenoxy) is 3. The van der Waals surface area contributed by atoms with Crippen LogP contribution >= 0.6 is 0 Å². The van der Waals surface area contributed by atoms with Gasteiger partial charge in [-0.1, -0.05) is 39.0 Å². The van der Waals surface area contributed by atoms with Crippen LogP contribution in [-0.4, -0.2) is 20.2 Å². The van der Waals surface area contributed by atoms with Gasteiger partial charge in [-0.3, -0.25) is 0 Å². The van der Waals surface area contributed by atoms with Gasteiger partial charge in [0.1, 0.15) is 29.7 Å². The fourth-order valence-corrected chi connectivity index (χ4v) is 2.63. The Kier molecular flexibility index (Phi) is 6.84. The quantitative estimate of drug-likeness (QED) is 0.415. The molecule has 0 aliphatic heterocycles. The third kappa shape index (κ3) is 5.37. The zero-order valence-electron chi connectivity index (χ0n) is 16.9. The molecule has 146 valence electrons. The maximum Gasteiger partial charge on any atom is 0.348 e. The molecule has 0 fully saturated rings. The summed E-state index contributed by atoms with van der Waals surface area (Å²) in [7, 11) is 2.83. The summed E-state index contributed by atoms with van der Waals surface area (Å²) in [5, 5.41) is 9.12. The molecule has 0 amide bonds. The molecule has 0 N–H and O–H groups in total. The first-order valence-electron chi connectivity index (χ1n) is 8.89. The van der Waals surface area contributed by atoms with E-state index in [0.717, 1.165) is 11.3 Å². The fourth-order valence-electron chi connectivity index (χ4n) is 2.63.